The molecule has 0 spiro atoms. The van der Waals surface area contributed by atoms with E-state index in [1.165, 1.54) is 0 Å². The van der Waals surface area contributed by atoms with Crippen molar-refractivity contribution in [1.82, 2.24) is 4.90 Å². The van der Waals surface area contributed by atoms with E-state index >= 15 is 0 Å². The zero-order chi connectivity index (χ0) is 17.9. The minimum absolute atomic E-state index is 0.0268. The first kappa shape index (κ1) is 20.4. The zero-order valence-corrected chi connectivity index (χ0v) is 14.4. The molecule has 0 aromatic rings. The van der Waals surface area contributed by atoms with Crippen LogP contribution in [0.1, 0.15) is 51.4 Å². The number of carbonyl (C=O) groups excluding carboxylic acids is 1. The molecule has 0 saturated carbocycles. The van der Waals surface area contributed by atoms with Gasteiger partial charge >= 0.3 is 17.9 Å². The van der Waals surface area contributed by atoms with Gasteiger partial charge in [-0.2, -0.15) is 0 Å². The molecule has 0 aliphatic carbocycles. The van der Waals surface area contributed by atoms with Gasteiger partial charge < -0.3 is 19.8 Å². The summed E-state index contributed by atoms with van der Waals surface area (Å²) >= 11 is 0. The molecule has 138 valence electrons. The molecule has 0 aromatic heterocycles. The van der Waals surface area contributed by atoms with Crippen LogP contribution in [0, 0.1) is 11.8 Å². The van der Waals surface area contributed by atoms with E-state index in [4.69, 9.17) is 14.9 Å². The molecule has 0 amide bonds. The van der Waals surface area contributed by atoms with Gasteiger partial charge in [0.05, 0.1) is 12.5 Å². The highest BCUT2D eigenvalue weighted by atomic mass is 16.5. The Bertz CT molecular complexity index is 397. The van der Waals surface area contributed by atoms with Crippen LogP contribution in [-0.2, 0) is 19.1 Å². The molecule has 2 N–H and O–H groups in total. The van der Waals surface area contributed by atoms with Gasteiger partial charge in [-0.25, -0.2) is 0 Å². The Balaban J connectivity index is 2.36. The van der Waals surface area contributed by atoms with Crippen molar-refractivity contribution in [2.75, 3.05) is 26.7 Å². The number of piperidine rings is 1. The maximum atomic E-state index is 12.1. The van der Waals surface area contributed by atoms with Gasteiger partial charge in [-0.1, -0.05) is 0 Å². The second-order valence-electron chi connectivity index (χ2n) is 6.65. The van der Waals surface area contributed by atoms with Gasteiger partial charge in [0.1, 0.15) is 0 Å². The van der Waals surface area contributed by atoms with E-state index in [0.717, 1.165) is 25.9 Å². The van der Waals surface area contributed by atoms with Crippen LogP contribution in [0.3, 0.4) is 0 Å². The van der Waals surface area contributed by atoms with Crippen molar-refractivity contribution >= 4 is 17.9 Å². The lowest BCUT2D eigenvalue weighted by atomic mass is 9.95. The number of hydrogen-bond donors (Lipinski definition) is 2. The Morgan fingerprint density at radius 2 is 1.54 bits per heavy atom. The fraction of sp³-hybridized carbons (Fsp3) is 0.824. The third-order valence-electron chi connectivity index (χ3n) is 4.52. The van der Waals surface area contributed by atoms with E-state index in [1.807, 2.05) is 7.05 Å². The monoisotopic (exact) mass is 343 g/mol. The number of ether oxygens (including phenoxy) is 1. The van der Waals surface area contributed by atoms with Crippen LogP contribution in [0.2, 0.25) is 0 Å². The lowest BCUT2D eigenvalue weighted by molar-refractivity contribution is -0.152. The summed E-state index contributed by atoms with van der Waals surface area (Å²) in [6.45, 7) is 2.03. The molecule has 1 fully saturated rings. The number of rotatable bonds is 11. The molecule has 24 heavy (non-hydrogen) atoms. The summed E-state index contributed by atoms with van der Waals surface area (Å²) in [7, 11) is 2.03. The van der Waals surface area contributed by atoms with Crippen molar-refractivity contribution in [3.05, 3.63) is 0 Å². The number of nitrogens with zero attached hydrogens (tertiary/aromatic N) is 1. The fourth-order valence-electron chi connectivity index (χ4n) is 2.96. The van der Waals surface area contributed by atoms with Crippen LogP contribution >= 0.6 is 0 Å². The van der Waals surface area contributed by atoms with Crippen molar-refractivity contribution in [1.29, 1.82) is 0 Å². The highest BCUT2D eigenvalue weighted by molar-refractivity contribution is 5.72. The van der Waals surface area contributed by atoms with Gasteiger partial charge in [0, 0.05) is 12.8 Å². The highest BCUT2D eigenvalue weighted by Crippen LogP contribution is 2.21. The number of hydrogen-bond acceptors (Lipinski definition) is 5. The fourth-order valence-corrected chi connectivity index (χ4v) is 2.96. The highest BCUT2D eigenvalue weighted by Gasteiger charge is 2.25. The summed E-state index contributed by atoms with van der Waals surface area (Å²) in [4.78, 5) is 35.6. The topological polar surface area (TPSA) is 104 Å². The average Bonchev–Trinajstić information content (AvgIpc) is 2.51. The maximum Gasteiger partial charge on any atom is 0.309 e. The van der Waals surface area contributed by atoms with E-state index in [2.05, 4.69) is 4.90 Å². The van der Waals surface area contributed by atoms with Gasteiger partial charge in [-0.05, 0) is 64.6 Å². The molecular formula is C17H29NO6. The minimum atomic E-state index is -0.845. The van der Waals surface area contributed by atoms with E-state index in [0.29, 0.717) is 25.7 Å². The summed E-state index contributed by atoms with van der Waals surface area (Å²) in [5, 5.41) is 17.4. The Morgan fingerprint density at radius 1 is 1.04 bits per heavy atom. The van der Waals surface area contributed by atoms with Crippen LogP contribution in [0.5, 0.6) is 0 Å². The van der Waals surface area contributed by atoms with E-state index in [9.17, 15) is 14.4 Å². The van der Waals surface area contributed by atoms with Crippen LogP contribution in [0.25, 0.3) is 0 Å². The molecule has 0 radical (unpaired) electrons. The van der Waals surface area contributed by atoms with Gasteiger partial charge in [0.25, 0.3) is 0 Å². The predicted molar refractivity (Wildman–Crippen MR) is 87.6 cm³/mol. The Kier molecular flexibility index (Phi) is 9.37. The molecular weight excluding hydrogens is 314 g/mol. The molecule has 7 nitrogen and oxygen atoms in total. The van der Waals surface area contributed by atoms with Crippen LogP contribution in [-0.4, -0.2) is 59.8 Å². The number of carboxylic acid groups (broad SMARTS) is 2. The zero-order valence-electron chi connectivity index (χ0n) is 14.4. The molecule has 1 heterocycles. The van der Waals surface area contributed by atoms with Crippen molar-refractivity contribution in [2.24, 2.45) is 11.8 Å². The number of aliphatic carboxylic acids is 2. The van der Waals surface area contributed by atoms with E-state index in [1.54, 1.807) is 0 Å². The number of esters is 1. The molecule has 0 unspecified atom stereocenters. The molecule has 0 atom stereocenters. The third kappa shape index (κ3) is 8.86. The maximum absolute atomic E-state index is 12.1. The first-order valence-corrected chi connectivity index (χ1v) is 8.67. The number of carboxylic acids is 2. The second-order valence-corrected chi connectivity index (χ2v) is 6.65. The lowest BCUT2D eigenvalue weighted by Crippen LogP contribution is -2.34. The first-order chi connectivity index (χ1) is 11.4. The molecule has 1 aliphatic rings. The summed E-state index contributed by atoms with van der Waals surface area (Å²) in [6, 6.07) is 0. The minimum Gasteiger partial charge on any atom is -0.481 e. The number of likely N-dealkylation sites (tertiary alicyclic amines) is 1. The van der Waals surface area contributed by atoms with Crippen molar-refractivity contribution in [2.45, 2.75) is 51.4 Å². The van der Waals surface area contributed by atoms with Crippen LogP contribution in [0.15, 0.2) is 0 Å². The number of carbonyl (C=O) groups is 3. The van der Waals surface area contributed by atoms with Crippen LogP contribution in [0.4, 0.5) is 0 Å². The first-order valence-electron chi connectivity index (χ1n) is 8.67. The van der Waals surface area contributed by atoms with E-state index in [-0.39, 0.29) is 37.3 Å². The molecule has 7 heteroatoms. The molecule has 0 bridgehead atoms. The summed E-state index contributed by atoms with van der Waals surface area (Å²) in [5.41, 5.74) is 0. The molecule has 1 aliphatic heterocycles. The van der Waals surface area contributed by atoms with Crippen molar-refractivity contribution < 1.29 is 29.3 Å². The van der Waals surface area contributed by atoms with Gasteiger partial charge in [0.15, 0.2) is 0 Å². The Morgan fingerprint density at radius 3 is 2.00 bits per heavy atom. The quantitative estimate of drug-likeness (QED) is 0.553. The summed E-state index contributed by atoms with van der Waals surface area (Å²) in [6.07, 6.45) is 4.06. The average molecular weight is 343 g/mol. The summed E-state index contributed by atoms with van der Waals surface area (Å²) < 4.78 is 5.44. The van der Waals surface area contributed by atoms with Gasteiger partial charge in [-0.3, -0.25) is 14.4 Å². The largest absolute Gasteiger partial charge is 0.481 e. The lowest BCUT2D eigenvalue weighted by Gasteiger charge is -2.28. The molecule has 0 aromatic carbocycles. The predicted octanol–water partition coefficient (Wildman–Crippen LogP) is 2.00. The second kappa shape index (κ2) is 11.0. The standard InChI is InChI=1S/C17H29NO6/c1-18-10-8-14(9-11-18)17(23)24-12-13(4-2-6-15(19)20)5-3-7-16(21)22/h13-14H,2-12H2,1H3,(H,19,20)(H,21,22). The van der Waals surface area contributed by atoms with Crippen LogP contribution < -0.4 is 0 Å². The normalized spacial score (nSPS) is 16.2. The molecule has 1 rings (SSSR count). The van der Waals surface area contributed by atoms with E-state index < -0.39 is 11.9 Å². The smallest absolute Gasteiger partial charge is 0.309 e. The molecule has 1 saturated heterocycles. The summed E-state index contributed by atoms with van der Waals surface area (Å²) in [5.74, 6) is -1.89. The third-order valence-corrected chi connectivity index (χ3v) is 4.52. The van der Waals surface area contributed by atoms with Gasteiger partial charge in [0.2, 0.25) is 0 Å². The SMILES string of the molecule is CN1CCC(C(=O)OCC(CCCC(=O)O)CCCC(=O)O)CC1. The Hall–Kier alpha value is -1.63. The Labute approximate surface area is 143 Å². The van der Waals surface area contributed by atoms with Crippen molar-refractivity contribution in [3.63, 3.8) is 0 Å². The van der Waals surface area contributed by atoms with Gasteiger partial charge in [-0.15, -0.1) is 0 Å². The van der Waals surface area contributed by atoms with Crippen molar-refractivity contribution in [3.8, 4) is 0 Å².